The van der Waals surface area contributed by atoms with Crippen molar-refractivity contribution in [2.24, 2.45) is 11.8 Å². The molecule has 0 bridgehead atoms. The molecule has 1 heterocycles. The van der Waals surface area contributed by atoms with Gasteiger partial charge in [0.15, 0.2) is 0 Å². The van der Waals surface area contributed by atoms with Crippen molar-refractivity contribution in [2.45, 2.75) is 70.8 Å². The molecule has 2 heteroatoms. The Bertz CT molecular complexity index is 205. The average molecular weight is 253 g/mol. The highest BCUT2D eigenvalue weighted by atomic mass is 16.5. The second kappa shape index (κ2) is 8.16. The van der Waals surface area contributed by atoms with Crippen molar-refractivity contribution in [1.82, 2.24) is 5.32 Å². The van der Waals surface area contributed by atoms with Crippen LogP contribution < -0.4 is 5.32 Å². The molecule has 0 aromatic rings. The Morgan fingerprint density at radius 3 is 2.22 bits per heavy atom. The van der Waals surface area contributed by atoms with Crippen LogP contribution in [0.25, 0.3) is 0 Å². The molecule has 1 aliphatic heterocycles. The largest absolute Gasteiger partial charge is 0.381 e. The molecule has 2 nitrogen and oxygen atoms in total. The highest BCUT2D eigenvalue weighted by Gasteiger charge is 2.30. The van der Waals surface area contributed by atoms with Gasteiger partial charge in [-0.15, -0.1) is 0 Å². The van der Waals surface area contributed by atoms with Crippen molar-refractivity contribution in [3.8, 4) is 0 Å². The minimum atomic E-state index is 0.716. The fraction of sp³-hybridized carbons (Fsp3) is 1.00. The van der Waals surface area contributed by atoms with Gasteiger partial charge in [0, 0.05) is 12.6 Å². The normalized spacial score (nSPS) is 29.5. The lowest BCUT2D eigenvalue weighted by molar-refractivity contribution is 0.0261. The number of hydrogen-bond donors (Lipinski definition) is 1. The molecule has 0 spiro atoms. The molecule has 0 aromatic heterocycles. The van der Waals surface area contributed by atoms with E-state index in [1.807, 2.05) is 0 Å². The topological polar surface area (TPSA) is 21.3 Å². The van der Waals surface area contributed by atoms with Crippen LogP contribution in [0, 0.1) is 11.8 Å². The van der Waals surface area contributed by atoms with Gasteiger partial charge in [0.25, 0.3) is 0 Å². The smallest absolute Gasteiger partial charge is 0.0509 e. The first-order chi connectivity index (χ1) is 8.92. The van der Waals surface area contributed by atoms with Gasteiger partial charge >= 0.3 is 0 Å². The van der Waals surface area contributed by atoms with Gasteiger partial charge in [-0.3, -0.25) is 0 Å². The summed E-state index contributed by atoms with van der Waals surface area (Å²) in [5.41, 5.74) is 0. The number of ether oxygens (including phenoxy) is 1. The van der Waals surface area contributed by atoms with Crippen molar-refractivity contribution in [2.75, 3.05) is 19.8 Å². The van der Waals surface area contributed by atoms with E-state index >= 15 is 0 Å². The van der Waals surface area contributed by atoms with Crippen molar-refractivity contribution in [3.63, 3.8) is 0 Å². The van der Waals surface area contributed by atoms with Crippen molar-refractivity contribution in [1.29, 1.82) is 0 Å². The molecule has 2 atom stereocenters. The molecule has 106 valence electrons. The Balaban J connectivity index is 1.92. The molecule has 1 aliphatic carbocycles. The minimum absolute atomic E-state index is 0.716. The fourth-order valence-corrected chi connectivity index (χ4v) is 3.85. The zero-order valence-electron chi connectivity index (χ0n) is 12.1. The van der Waals surface area contributed by atoms with Crippen LogP contribution in [0.3, 0.4) is 0 Å². The summed E-state index contributed by atoms with van der Waals surface area (Å²) in [6.07, 6.45) is 12.8. The third kappa shape index (κ3) is 4.24. The van der Waals surface area contributed by atoms with Gasteiger partial charge in [-0.05, 0) is 44.1 Å². The van der Waals surface area contributed by atoms with Crippen LogP contribution in [0.4, 0.5) is 0 Å². The SMILES string of the molecule is CCNC(C1CCCCCCC1)C1CCCOC1. The van der Waals surface area contributed by atoms with E-state index in [2.05, 4.69) is 12.2 Å². The minimum Gasteiger partial charge on any atom is -0.381 e. The Hall–Kier alpha value is -0.0800. The molecule has 1 saturated heterocycles. The van der Waals surface area contributed by atoms with Crippen molar-refractivity contribution in [3.05, 3.63) is 0 Å². The molecule has 2 rings (SSSR count). The zero-order chi connectivity index (χ0) is 12.6. The van der Waals surface area contributed by atoms with Crippen LogP contribution in [-0.2, 0) is 4.74 Å². The first kappa shape index (κ1) is 14.3. The summed E-state index contributed by atoms with van der Waals surface area (Å²) in [5.74, 6) is 1.67. The van der Waals surface area contributed by atoms with Crippen LogP contribution in [0.1, 0.15) is 64.7 Å². The maximum absolute atomic E-state index is 5.72. The molecule has 2 unspecified atom stereocenters. The van der Waals surface area contributed by atoms with Crippen molar-refractivity contribution >= 4 is 0 Å². The van der Waals surface area contributed by atoms with Crippen LogP contribution in [0.15, 0.2) is 0 Å². The molecule has 1 N–H and O–H groups in total. The molecule has 2 fully saturated rings. The van der Waals surface area contributed by atoms with E-state index in [0.29, 0.717) is 6.04 Å². The fourth-order valence-electron chi connectivity index (χ4n) is 3.85. The number of hydrogen-bond acceptors (Lipinski definition) is 2. The molecule has 1 saturated carbocycles. The lowest BCUT2D eigenvalue weighted by Crippen LogP contribution is -2.45. The van der Waals surface area contributed by atoms with Gasteiger partial charge in [-0.2, -0.15) is 0 Å². The van der Waals surface area contributed by atoms with E-state index in [1.165, 1.54) is 57.8 Å². The Kier molecular flexibility index (Phi) is 6.50. The van der Waals surface area contributed by atoms with Gasteiger partial charge in [0.2, 0.25) is 0 Å². The van der Waals surface area contributed by atoms with Crippen molar-refractivity contribution < 1.29 is 4.74 Å². The van der Waals surface area contributed by atoms with Gasteiger partial charge in [0.05, 0.1) is 6.61 Å². The summed E-state index contributed by atoms with van der Waals surface area (Å²) in [6.45, 7) is 5.34. The lowest BCUT2D eigenvalue weighted by Gasteiger charge is -2.37. The monoisotopic (exact) mass is 253 g/mol. The van der Waals surface area contributed by atoms with Gasteiger partial charge in [-0.1, -0.05) is 39.0 Å². The quantitative estimate of drug-likeness (QED) is 0.824. The van der Waals surface area contributed by atoms with Crippen LogP contribution in [0.5, 0.6) is 0 Å². The molecule has 18 heavy (non-hydrogen) atoms. The Morgan fingerprint density at radius 1 is 0.944 bits per heavy atom. The first-order valence-electron chi connectivity index (χ1n) is 8.23. The predicted molar refractivity (Wildman–Crippen MR) is 76.8 cm³/mol. The highest BCUT2D eigenvalue weighted by molar-refractivity contribution is 4.85. The summed E-state index contributed by atoms with van der Waals surface area (Å²) in [6, 6.07) is 0.716. The van der Waals surface area contributed by atoms with E-state index in [1.54, 1.807) is 0 Å². The summed E-state index contributed by atoms with van der Waals surface area (Å²) in [7, 11) is 0. The molecular formula is C16H31NO. The molecule has 2 aliphatic rings. The second-order valence-corrected chi connectivity index (χ2v) is 6.17. The van der Waals surface area contributed by atoms with Gasteiger partial charge in [-0.25, -0.2) is 0 Å². The summed E-state index contributed by atoms with van der Waals surface area (Å²) < 4.78 is 5.72. The maximum atomic E-state index is 5.72. The maximum Gasteiger partial charge on any atom is 0.0509 e. The third-order valence-electron chi connectivity index (χ3n) is 4.80. The summed E-state index contributed by atoms with van der Waals surface area (Å²) in [4.78, 5) is 0. The number of rotatable bonds is 4. The predicted octanol–water partition coefficient (Wildman–Crippen LogP) is 3.75. The lowest BCUT2D eigenvalue weighted by atomic mass is 9.78. The molecule has 0 amide bonds. The molecular weight excluding hydrogens is 222 g/mol. The van der Waals surface area contributed by atoms with E-state index in [4.69, 9.17) is 4.74 Å². The summed E-state index contributed by atoms with van der Waals surface area (Å²) >= 11 is 0. The Morgan fingerprint density at radius 2 is 1.61 bits per heavy atom. The number of nitrogens with one attached hydrogen (secondary N) is 1. The highest BCUT2D eigenvalue weighted by Crippen LogP contribution is 2.31. The summed E-state index contributed by atoms with van der Waals surface area (Å²) in [5, 5.41) is 3.79. The first-order valence-corrected chi connectivity index (χ1v) is 8.23. The van der Waals surface area contributed by atoms with Crippen LogP contribution in [0.2, 0.25) is 0 Å². The second-order valence-electron chi connectivity index (χ2n) is 6.17. The van der Waals surface area contributed by atoms with E-state index < -0.39 is 0 Å². The average Bonchev–Trinajstić information content (AvgIpc) is 2.38. The third-order valence-corrected chi connectivity index (χ3v) is 4.80. The zero-order valence-corrected chi connectivity index (χ0v) is 12.1. The van der Waals surface area contributed by atoms with Gasteiger partial charge in [0.1, 0.15) is 0 Å². The Labute approximate surface area is 113 Å². The van der Waals surface area contributed by atoms with Crippen LogP contribution >= 0.6 is 0 Å². The van der Waals surface area contributed by atoms with Crippen LogP contribution in [-0.4, -0.2) is 25.8 Å². The van der Waals surface area contributed by atoms with E-state index in [0.717, 1.165) is 31.6 Å². The van der Waals surface area contributed by atoms with E-state index in [9.17, 15) is 0 Å². The molecule has 0 aromatic carbocycles. The standard InChI is InChI=1S/C16H31NO/c1-2-17-16(15-11-8-12-18-13-15)14-9-6-4-3-5-7-10-14/h14-17H,2-13H2,1H3. The van der Waals surface area contributed by atoms with E-state index in [-0.39, 0.29) is 0 Å². The van der Waals surface area contributed by atoms with Gasteiger partial charge < -0.3 is 10.1 Å². The molecule has 0 radical (unpaired) electrons.